The Morgan fingerprint density at radius 3 is 1.86 bits per heavy atom. The number of para-hydroxylation sites is 1. The van der Waals surface area contributed by atoms with Gasteiger partial charge in [-0.05, 0) is 71.7 Å². The molecule has 3 aliphatic rings. The van der Waals surface area contributed by atoms with E-state index in [1.165, 1.54) is 19.1 Å². The summed E-state index contributed by atoms with van der Waals surface area (Å²) in [6.07, 6.45) is -3.53. The molecule has 0 aliphatic carbocycles. The number of hydrogen-bond acceptors (Lipinski definition) is 12. The van der Waals surface area contributed by atoms with Crippen molar-refractivity contribution in [1.82, 2.24) is 20.4 Å². The summed E-state index contributed by atoms with van der Waals surface area (Å²) in [5.74, 6) is -1.22. The van der Waals surface area contributed by atoms with E-state index in [0.29, 0.717) is 24.5 Å². The van der Waals surface area contributed by atoms with E-state index < -0.39 is 65.5 Å². The molecule has 0 bridgehead atoms. The van der Waals surface area contributed by atoms with E-state index in [9.17, 15) is 34.2 Å². The smallest absolute Gasteiger partial charge is 0.407 e. The first-order chi connectivity index (χ1) is 30.6. The topological polar surface area (TPSA) is 215 Å². The van der Waals surface area contributed by atoms with Crippen LogP contribution in [0, 0.1) is 10.8 Å². The highest BCUT2D eigenvalue weighted by atomic mass is 16.6. The number of aliphatic hydroxyl groups excluding tert-OH is 2. The fraction of sp³-hybridized carbons (Fsp3) is 0.521. The van der Waals surface area contributed by atoms with Crippen LogP contribution in [-0.4, -0.2) is 125 Å². The third-order valence-corrected chi connectivity index (χ3v) is 12.4. The van der Waals surface area contributed by atoms with Gasteiger partial charge >= 0.3 is 12.2 Å². The molecule has 3 aromatic rings. The van der Waals surface area contributed by atoms with Crippen molar-refractivity contribution < 1.29 is 48.4 Å². The molecule has 6 rings (SSSR count). The first-order valence-corrected chi connectivity index (χ1v) is 22.0. The number of amides is 5. The van der Waals surface area contributed by atoms with E-state index in [-0.39, 0.29) is 49.4 Å². The molecule has 352 valence electrons. The quantitative estimate of drug-likeness (QED) is 0.120. The summed E-state index contributed by atoms with van der Waals surface area (Å²) in [5.41, 5.74) is 1.62. The molecule has 17 heteroatoms. The van der Waals surface area contributed by atoms with Gasteiger partial charge in [-0.3, -0.25) is 19.3 Å². The molecule has 17 nitrogen and oxygen atoms in total. The van der Waals surface area contributed by atoms with Crippen LogP contribution < -0.4 is 26.2 Å². The van der Waals surface area contributed by atoms with Crippen molar-refractivity contribution in [2.45, 2.75) is 123 Å². The molecular weight excluding hydrogens is 835 g/mol. The normalized spacial score (nSPS) is 24.0. The van der Waals surface area contributed by atoms with Gasteiger partial charge in [0, 0.05) is 49.7 Å². The molecule has 5 amide bonds. The predicted octanol–water partition coefficient (Wildman–Crippen LogP) is 4.82. The maximum absolute atomic E-state index is 13.9. The fourth-order valence-corrected chi connectivity index (χ4v) is 8.75. The molecule has 0 aromatic heterocycles. The third kappa shape index (κ3) is 11.7. The van der Waals surface area contributed by atoms with E-state index in [1.807, 2.05) is 92.4 Å². The summed E-state index contributed by atoms with van der Waals surface area (Å²) < 4.78 is 15.6. The number of carbonyl (C=O) groups excluding carboxylic acids is 5. The minimum absolute atomic E-state index is 0.0216. The van der Waals surface area contributed by atoms with Gasteiger partial charge < -0.3 is 55.5 Å². The van der Waals surface area contributed by atoms with Gasteiger partial charge in [0.25, 0.3) is 0 Å². The maximum Gasteiger partial charge on any atom is 0.407 e. The summed E-state index contributed by atoms with van der Waals surface area (Å²) in [4.78, 5) is 71.2. The number of nitrogens with one attached hydrogen (secondary N) is 4. The van der Waals surface area contributed by atoms with E-state index in [4.69, 9.17) is 14.2 Å². The van der Waals surface area contributed by atoms with Crippen molar-refractivity contribution >= 4 is 47.0 Å². The Kier molecular flexibility index (Phi) is 14.8. The summed E-state index contributed by atoms with van der Waals surface area (Å²) in [7, 11) is 2.52. The molecule has 0 spiro atoms. The first kappa shape index (κ1) is 48.7. The lowest BCUT2D eigenvalue weighted by Crippen LogP contribution is -2.61. The van der Waals surface area contributed by atoms with Crippen molar-refractivity contribution in [3.05, 3.63) is 90.0 Å². The average Bonchev–Trinajstić information content (AvgIpc) is 3.83. The zero-order chi connectivity index (χ0) is 47.4. The highest BCUT2D eigenvalue weighted by Crippen LogP contribution is 2.40. The van der Waals surface area contributed by atoms with Crippen LogP contribution in [0.5, 0.6) is 0 Å². The van der Waals surface area contributed by atoms with Gasteiger partial charge in [-0.2, -0.15) is 0 Å². The van der Waals surface area contributed by atoms with Gasteiger partial charge in [-0.25, -0.2) is 9.59 Å². The van der Waals surface area contributed by atoms with Crippen molar-refractivity contribution in [2.24, 2.45) is 10.8 Å². The van der Waals surface area contributed by atoms with E-state index >= 15 is 0 Å². The summed E-state index contributed by atoms with van der Waals surface area (Å²) >= 11 is 0. The Morgan fingerprint density at radius 2 is 1.32 bits per heavy atom. The summed E-state index contributed by atoms with van der Waals surface area (Å²) in [6.45, 7) is 14.2. The van der Waals surface area contributed by atoms with Crippen molar-refractivity contribution in [1.29, 1.82) is 0 Å². The van der Waals surface area contributed by atoms with Crippen molar-refractivity contribution in [2.75, 3.05) is 42.8 Å². The number of likely N-dealkylation sites (tertiary alicyclic amines) is 2. The zero-order valence-corrected chi connectivity index (χ0v) is 38.8. The number of methoxy groups -OCH3 is 2. The number of rotatable bonds is 14. The zero-order valence-electron chi connectivity index (χ0n) is 38.8. The first-order valence-electron chi connectivity index (χ1n) is 22.0. The standard InChI is InChI=1S/C48H65N7O10/c1-46(2,3)38(51-44(61)63-8)37-42(65-37)54-27-34(56)23-36(54)40(58)49-31-19-15-29(16-20-31)25-53(33-13-11-10-12-14-33)26-30-17-21-32(22-18-30)50-43(60)48(7)24-35(57)28-55(48)41(59)39(47(4,5)6)52-45(62)64-9/h10-22,34-39,42,56-57H,23-28H2,1-9H3,(H,49,58)(H,50,60)(H,51,61)(H,52,62)/t34-,35-,36+,37?,38-,39-,42?,48?/m1/s1. The molecule has 0 radical (unpaired) electrons. The average molecular weight is 900 g/mol. The second-order valence-corrected chi connectivity index (χ2v) is 19.6. The second-order valence-electron chi connectivity index (χ2n) is 19.6. The molecule has 0 saturated carbocycles. The van der Waals surface area contributed by atoms with Crippen molar-refractivity contribution in [3.8, 4) is 0 Å². The molecule has 8 atom stereocenters. The van der Waals surface area contributed by atoms with Crippen LogP contribution in [0.15, 0.2) is 78.9 Å². The minimum atomic E-state index is -1.39. The lowest BCUT2D eigenvalue weighted by atomic mass is 9.84. The Balaban J connectivity index is 1.09. The molecule has 3 aromatic carbocycles. The van der Waals surface area contributed by atoms with Crippen LogP contribution >= 0.6 is 0 Å². The van der Waals surface area contributed by atoms with Crippen LogP contribution in [0.25, 0.3) is 0 Å². The molecular formula is C48H65N7O10. The Bertz CT molecular complexity index is 2160. The molecule has 3 saturated heterocycles. The van der Waals surface area contributed by atoms with Crippen LogP contribution in [0.1, 0.15) is 72.4 Å². The van der Waals surface area contributed by atoms with Crippen LogP contribution in [-0.2, 0) is 41.7 Å². The van der Waals surface area contributed by atoms with Crippen LogP contribution in [0.4, 0.5) is 26.7 Å². The number of β-amino-alcohol motifs (C(OH)–C–C–N with tert-alkyl or cyclic N) is 2. The van der Waals surface area contributed by atoms with Crippen LogP contribution in [0.3, 0.4) is 0 Å². The van der Waals surface area contributed by atoms with E-state index in [2.05, 4.69) is 26.2 Å². The van der Waals surface area contributed by atoms with Gasteiger partial charge in [0.05, 0.1) is 38.5 Å². The number of anilines is 3. The van der Waals surface area contributed by atoms with Gasteiger partial charge in [0.2, 0.25) is 17.7 Å². The fourth-order valence-electron chi connectivity index (χ4n) is 8.75. The lowest BCUT2D eigenvalue weighted by Gasteiger charge is -2.39. The molecule has 3 fully saturated rings. The van der Waals surface area contributed by atoms with E-state index in [1.54, 1.807) is 39.8 Å². The number of nitrogens with zero attached hydrogens (tertiary/aromatic N) is 3. The van der Waals surface area contributed by atoms with Gasteiger partial charge in [-0.15, -0.1) is 0 Å². The van der Waals surface area contributed by atoms with E-state index in [0.717, 1.165) is 16.8 Å². The third-order valence-electron chi connectivity index (χ3n) is 12.4. The second kappa shape index (κ2) is 19.8. The number of benzene rings is 3. The number of epoxide rings is 1. The van der Waals surface area contributed by atoms with Gasteiger partial charge in [0.1, 0.15) is 23.9 Å². The summed E-state index contributed by atoms with van der Waals surface area (Å²) in [6, 6.07) is 23.0. The van der Waals surface area contributed by atoms with Gasteiger partial charge in [-0.1, -0.05) is 84.0 Å². The highest BCUT2D eigenvalue weighted by Gasteiger charge is 2.57. The van der Waals surface area contributed by atoms with Crippen LogP contribution in [0.2, 0.25) is 0 Å². The van der Waals surface area contributed by atoms with Gasteiger partial charge in [0.15, 0.2) is 0 Å². The van der Waals surface area contributed by atoms with Crippen molar-refractivity contribution in [3.63, 3.8) is 0 Å². The largest absolute Gasteiger partial charge is 0.453 e. The molecule has 3 unspecified atom stereocenters. The SMILES string of the molecule is COC(=O)N[C@H](C(=O)N1C[C@H](O)CC1(C)C(=O)Nc1ccc(CN(Cc2ccc(NC(=O)[C@@H]3C[C@@H](O)CN3C3OC3[C@@H](NC(=O)OC)C(C)(C)C)cc2)c2ccccc2)cc1)C(C)(C)C. The highest BCUT2D eigenvalue weighted by molar-refractivity contribution is 6.02. The Hall–Kier alpha value is -5.75. The predicted molar refractivity (Wildman–Crippen MR) is 245 cm³/mol. The lowest BCUT2D eigenvalue weighted by molar-refractivity contribution is -0.145. The Labute approximate surface area is 381 Å². The molecule has 6 N–H and O–H groups in total. The molecule has 65 heavy (non-hydrogen) atoms. The molecule has 3 heterocycles. The monoisotopic (exact) mass is 899 g/mol. The maximum atomic E-state index is 13.9. The summed E-state index contributed by atoms with van der Waals surface area (Å²) in [5, 5.41) is 32.8. The number of ether oxygens (including phenoxy) is 3. The molecule has 3 aliphatic heterocycles. The number of aliphatic hydroxyl groups is 2. The number of carbonyl (C=O) groups is 5. The number of hydrogen-bond donors (Lipinski definition) is 6. The minimum Gasteiger partial charge on any atom is -0.453 e. The Morgan fingerprint density at radius 1 is 0.769 bits per heavy atom. The number of alkyl carbamates (subject to hydrolysis) is 2.